The van der Waals surface area contributed by atoms with Gasteiger partial charge in [0.05, 0.1) is 11.0 Å². The zero-order valence-electron chi connectivity index (χ0n) is 30.3. The van der Waals surface area contributed by atoms with Gasteiger partial charge in [-0.3, -0.25) is 4.57 Å². The van der Waals surface area contributed by atoms with E-state index in [2.05, 4.69) is 27.7 Å². The molecular formula is C42H57O5P. The van der Waals surface area contributed by atoms with Crippen LogP contribution in [0.25, 0.3) is 11.1 Å². The summed E-state index contributed by atoms with van der Waals surface area (Å²) in [6.45, 7) is 18.4. The maximum Gasteiger partial charge on any atom is 0.284 e. The van der Waals surface area contributed by atoms with Gasteiger partial charge in [0.15, 0.2) is 0 Å². The Kier molecular flexibility index (Phi) is 23.2. The maximum absolute atomic E-state index is 13.9. The Hall–Kier alpha value is -4.47. The molecule has 6 heteroatoms. The Morgan fingerprint density at radius 3 is 1.29 bits per heavy atom. The van der Waals surface area contributed by atoms with Crippen LogP contribution in [0.4, 0.5) is 0 Å². The van der Waals surface area contributed by atoms with Crippen LogP contribution in [0.5, 0.6) is 23.0 Å². The molecule has 3 N–H and O–H groups in total. The number of fused-ring (bicyclic) bond motifs is 3. The second-order valence-corrected chi connectivity index (χ2v) is 12.7. The summed E-state index contributed by atoms with van der Waals surface area (Å²) < 4.78 is 20.0. The van der Waals surface area contributed by atoms with Crippen molar-refractivity contribution in [2.45, 2.75) is 80.8 Å². The number of para-hydroxylation sites is 3. The van der Waals surface area contributed by atoms with Crippen LogP contribution in [-0.4, -0.2) is 15.3 Å². The topological polar surface area (TPSA) is 87.0 Å². The Labute approximate surface area is 290 Å². The van der Waals surface area contributed by atoms with Crippen molar-refractivity contribution in [3.8, 4) is 34.1 Å². The smallest absolute Gasteiger partial charge is 0.284 e. The minimum atomic E-state index is -3.15. The minimum absolute atomic E-state index is 0.194. The first-order valence-electron chi connectivity index (χ1n) is 17.0. The molecule has 0 saturated heterocycles. The summed E-state index contributed by atoms with van der Waals surface area (Å²) in [4.78, 5) is 0. The quantitative estimate of drug-likeness (QED) is 0.162. The zero-order valence-corrected chi connectivity index (χ0v) is 31.2. The van der Waals surface area contributed by atoms with Crippen molar-refractivity contribution in [3.63, 3.8) is 0 Å². The summed E-state index contributed by atoms with van der Waals surface area (Å²) in [5.74, 6) is 1.50. The van der Waals surface area contributed by atoms with Crippen molar-refractivity contribution < 1.29 is 24.4 Å². The Morgan fingerprint density at radius 1 is 0.521 bits per heavy atom. The number of hydrogen-bond acceptors (Lipinski definition) is 5. The second kappa shape index (κ2) is 25.6. The number of rotatable bonds is 2. The fraction of sp³-hybridized carbons (Fsp3) is 0.286. The van der Waals surface area contributed by atoms with Crippen LogP contribution in [0.1, 0.15) is 86.4 Å². The van der Waals surface area contributed by atoms with Gasteiger partial charge in [0.25, 0.3) is 7.37 Å². The van der Waals surface area contributed by atoms with Crippen molar-refractivity contribution in [3.05, 3.63) is 139 Å². The highest BCUT2D eigenvalue weighted by Gasteiger charge is 2.41. The summed E-state index contributed by atoms with van der Waals surface area (Å²) in [7, 11) is -3.15. The Morgan fingerprint density at radius 2 is 0.875 bits per heavy atom. The van der Waals surface area contributed by atoms with E-state index in [1.165, 1.54) is 12.8 Å². The van der Waals surface area contributed by atoms with Crippen LogP contribution in [-0.2, 0) is 4.57 Å². The highest BCUT2D eigenvalue weighted by molar-refractivity contribution is 7.68. The minimum Gasteiger partial charge on any atom is -0.508 e. The van der Waals surface area contributed by atoms with E-state index in [1.807, 2.05) is 95.3 Å². The van der Waals surface area contributed by atoms with E-state index in [4.69, 9.17) is 14.7 Å². The summed E-state index contributed by atoms with van der Waals surface area (Å²) in [5.41, 5.74) is 2.50. The summed E-state index contributed by atoms with van der Waals surface area (Å²) in [5, 5.41) is 27.5. The van der Waals surface area contributed by atoms with Crippen molar-refractivity contribution in [2.75, 3.05) is 0 Å². The van der Waals surface area contributed by atoms with Crippen LogP contribution < -0.4 is 9.83 Å². The van der Waals surface area contributed by atoms with Gasteiger partial charge in [-0.1, -0.05) is 153 Å². The van der Waals surface area contributed by atoms with Crippen molar-refractivity contribution in [2.24, 2.45) is 0 Å². The summed E-state index contributed by atoms with van der Waals surface area (Å²) >= 11 is 0. The van der Waals surface area contributed by atoms with Crippen LogP contribution in [0.2, 0.25) is 0 Å². The lowest BCUT2D eigenvalue weighted by molar-refractivity contribution is 0.473. The molecule has 1 aliphatic rings. The molecule has 5 aromatic carbocycles. The third kappa shape index (κ3) is 14.5. The molecule has 1 aliphatic heterocycles. The molecule has 0 spiro atoms. The van der Waals surface area contributed by atoms with Gasteiger partial charge in [-0.15, -0.1) is 0 Å². The second-order valence-electron chi connectivity index (χ2n) is 10.1. The molecule has 0 bridgehead atoms. The molecular weight excluding hydrogens is 615 g/mol. The lowest BCUT2D eigenvalue weighted by Gasteiger charge is -2.32. The maximum atomic E-state index is 13.9. The van der Waals surface area contributed by atoms with Crippen LogP contribution in [0.3, 0.4) is 0 Å². The molecule has 1 heterocycles. The van der Waals surface area contributed by atoms with E-state index in [-0.39, 0.29) is 11.4 Å². The highest BCUT2D eigenvalue weighted by Crippen LogP contribution is 2.63. The van der Waals surface area contributed by atoms with Crippen LogP contribution in [0.15, 0.2) is 133 Å². The predicted octanol–water partition coefficient (Wildman–Crippen LogP) is 12.8. The molecule has 2 atom stereocenters. The van der Waals surface area contributed by atoms with Gasteiger partial charge in [0.1, 0.15) is 23.0 Å². The number of phenols is 3. The third-order valence-electron chi connectivity index (χ3n) is 6.05. The van der Waals surface area contributed by atoms with Gasteiger partial charge < -0.3 is 19.8 Å². The fourth-order valence-corrected chi connectivity index (χ4v) is 6.54. The number of hydrogen-bond donors (Lipinski definition) is 3. The lowest BCUT2D eigenvalue weighted by atomic mass is 10.0. The average Bonchev–Trinajstić information content (AvgIpc) is 3.12. The molecule has 0 aromatic heterocycles. The number of aromatic hydroxyl groups is 3. The van der Waals surface area contributed by atoms with Gasteiger partial charge in [-0.2, -0.15) is 0 Å². The monoisotopic (exact) mass is 672 g/mol. The van der Waals surface area contributed by atoms with E-state index in [0.29, 0.717) is 17.2 Å². The summed E-state index contributed by atoms with van der Waals surface area (Å²) in [6, 6.07) is 39.7. The largest absolute Gasteiger partial charge is 0.508 e. The van der Waals surface area contributed by atoms with E-state index in [9.17, 15) is 9.67 Å². The van der Waals surface area contributed by atoms with Crippen LogP contribution in [0, 0.1) is 0 Å². The molecule has 0 aliphatic carbocycles. The molecule has 6 rings (SSSR count). The first-order chi connectivity index (χ1) is 23.2. The number of phenolic OH excluding ortho intramolecular Hbond substituents is 3. The molecule has 5 aromatic rings. The molecule has 0 amide bonds. The highest BCUT2D eigenvalue weighted by atomic mass is 31.2. The van der Waals surface area contributed by atoms with Gasteiger partial charge in [0.2, 0.25) is 0 Å². The van der Waals surface area contributed by atoms with E-state index < -0.39 is 7.37 Å². The van der Waals surface area contributed by atoms with Gasteiger partial charge in [-0.05, 0) is 66.6 Å². The van der Waals surface area contributed by atoms with E-state index in [1.54, 1.807) is 72.8 Å². The average molecular weight is 673 g/mol. The van der Waals surface area contributed by atoms with Crippen LogP contribution >= 0.6 is 7.37 Å². The standard InChI is InChI=1S/C20H17O3P.2C6H6O.2C3H8.2C2H6/c1-14(15-10-12-16(21)13-11-15)24(22)20-9-5-3-7-18(20)17-6-2-4-8-19(17)23-24;2*7-6-4-2-1-3-5-6;2*1-3-2;2*1-2/h2-14,21H,1H3;2*1-5,7H;2*3H2,1-2H3;2*1-2H3. The molecule has 48 heavy (non-hydrogen) atoms. The third-order valence-corrected chi connectivity index (χ3v) is 8.90. The number of benzene rings is 5. The van der Waals surface area contributed by atoms with E-state index >= 15 is 0 Å². The fourth-order valence-electron chi connectivity index (χ4n) is 4.03. The molecule has 260 valence electrons. The Bertz CT molecular complexity index is 1500. The van der Waals surface area contributed by atoms with Crippen molar-refractivity contribution in [1.29, 1.82) is 0 Å². The van der Waals surface area contributed by atoms with Gasteiger partial charge >= 0.3 is 0 Å². The van der Waals surface area contributed by atoms with Crippen molar-refractivity contribution >= 4 is 12.7 Å². The first-order valence-corrected chi connectivity index (χ1v) is 18.7. The molecule has 2 unspecified atom stereocenters. The molecule has 0 saturated carbocycles. The van der Waals surface area contributed by atoms with Gasteiger partial charge in [-0.25, -0.2) is 0 Å². The molecule has 0 fully saturated rings. The normalized spacial score (nSPS) is 13.4. The lowest BCUT2D eigenvalue weighted by Crippen LogP contribution is -2.21. The summed E-state index contributed by atoms with van der Waals surface area (Å²) in [6.07, 6.45) is 2.50. The van der Waals surface area contributed by atoms with Gasteiger partial charge in [0, 0.05) is 5.56 Å². The zero-order chi connectivity index (χ0) is 36.4. The first kappa shape index (κ1) is 43.5. The Balaban J connectivity index is 0.000000751. The predicted molar refractivity (Wildman–Crippen MR) is 207 cm³/mol. The van der Waals surface area contributed by atoms with Crippen molar-refractivity contribution in [1.82, 2.24) is 0 Å². The molecule has 5 nitrogen and oxygen atoms in total. The van der Waals surface area contributed by atoms with E-state index in [0.717, 1.165) is 22.0 Å². The SMILES string of the molecule is CC.CC.CC(c1ccc(O)cc1)P1(=O)Oc2ccccc2-c2ccccc21.CCC.CCC.Oc1ccccc1.Oc1ccccc1. The molecule has 0 radical (unpaired) electrons.